The highest BCUT2D eigenvalue weighted by molar-refractivity contribution is 8.00. The lowest BCUT2D eigenvalue weighted by atomic mass is 10.1. The summed E-state index contributed by atoms with van der Waals surface area (Å²) in [5.41, 5.74) is 0.965. The Morgan fingerprint density at radius 2 is 1.78 bits per heavy atom. The summed E-state index contributed by atoms with van der Waals surface area (Å²) in [5, 5.41) is 3.53. The molecular weight excluding hydrogens is 330 g/mol. The van der Waals surface area contributed by atoms with E-state index in [0.29, 0.717) is 5.02 Å². The largest absolute Gasteiger partial charge is 0.496 e. The van der Waals surface area contributed by atoms with E-state index in [1.165, 1.54) is 11.8 Å². The maximum Gasteiger partial charge on any atom is 0.233 e. The van der Waals surface area contributed by atoms with Gasteiger partial charge in [-0.15, -0.1) is 11.8 Å². The van der Waals surface area contributed by atoms with E-state index in [9.17, 15) is 4.79 Å². The van der Waals surface area contributed by atoms with Gasteiger partial charge in [-0.2, -0.15) is 0 Å². The summed E-state index contributed by atoms with van der Waals surface area (Å²) in [6, 6.07) is 15.1. The normalized spacial score (nSPS) is 13.2. The van der Waals surface area contributed by atoms with Crippen LogP contribution in [0.1, 0.15) is 25.5 Å². The van der Waals surface area contributed by atoms with Crippen LogP contribution in [0, 0.1) is 0 Å². The van der Waals surface area contributed by atoms with Gasteiger partial charge in [0.1, 0.15) is 5.75 Å². The zero-order chi connectivity index (χ0) is 16.8. The number of rotatable bonds is 6. The van der Waals surface area contributed by atoms with Crippen molar-refractivity contribution in [2.24, 2.45) is 0 Å². The van der Waals surface area contributed by atoms with Crippen molar-refractivity contribution in [1.29, 1.82) is 0 Å². The summed E-state index contributed by atoms with van der Waals surface area (Å²) in [5.74, 6) is 0.765. The Morgan fingerprint density at radius 3 is 2.43 bits per heavy atom. The molecule has 2 unspecified atom stereocenters. The fraction of sp³-hybridized carbons (Fsp3) is 0.278. The van der Waals surface area contributed by atoms with Crippen molar-refractivity contribution in [3.05, 3.63) is 59.1 Å². The molecule has 0 spiro atoms. The van der Waals surface area contributed by atoms with Crippen LogP contribution in [0.3, 0.4) is 0 Å². The second-order valence-electron chi connectivity index (χ2n) is 5.19. The van der Waals surface area contributed by atoms with Crippen molar-refractivity contribution in [3.8, 4) is 5.75 Å². The number of ether oxygens (including phenoxy) is 1. The summed E-state index contributed by atoms with van der Waals surface area (Å²) in [4.78, 5) is 13.4. The molecule has 0 fully saturated rings. The minimum atomic E-state index is -0.201. The standard InChI is InChI=1S/C18H20ClNO2S/c1-12(16-6-4-5-7-17(16)22-3)20-18(21)13(2)23-15-10-8-14(19)9-11-15/h4-13H,1-3H3,(H,20,21). The van der Waals surface area contributed by atoms with Gasteiger partial charge in [-0.05, 0) is 44.2 Å². The number of thioether (sulfide) groups is 1. The van der Waals surface area contributed by atoms with Crippen LogP contribution in [0.2, 0.25) is 5.02 Å². The Balaban J connectivity index is 1.98. The fourth-order valence-corrected chi connectivity index (χ4v) is 3.21. The van der Waals surface area contributed by atoms with E-state index in [0.717, 1.165) is 16.2 Å². The molecule has 0 saturated carbocycles. The first-order chi connectivity index (χ1) is 11.0. The third-order valence-electron chi connectivity index (χ3n) is 3.46. The summed E-state index contributed by atoms with van der Waals surface area (Å²) in [7, 11) is 1.63. The summed E-state index contributed by atoms with van der Waals surface area (Å²) >= 11 is 7.38. The summed E-state index contributed by atoms with van der Waals surface area (Å²) in [6.07, 6.45) is 0. The molecule has 0 aliphatic carbocycles. The Morgan fingerprint density at radius 1 is 1.13 bits per heavy atom. The zero-order valence-corrected chi connectivity index (χ0v) is 14.9. The van der Waals surface area contributed by atoms with Gasteiger partial charge in [-0.25, -0.2) is 0 Å². The van der Waals surface area contributed by atoms with Gasteiger partial charge in [0.25, 0.3) is 0 Å². The quantitative estimate of drug-likeness (QED) is 0.768. The monoisotopic (exact) mass is 349 g/mol. The van der Waals surface area contributed by atoms with Crippen molar-refractivity contribution in [2.75, 3.05) is 7.11 Å². The van der Waals surface area contributed by atoms with Crippen molar-refractivity contribution >= 4 is 29.3 Å². The second-order valence-corrected chi connectivity index (χ2v) is 7.04. The SMILES string of the molecule is COc1ccccc1C(C)NC(=O)C(C)Sc1ccc(Cl)cc1. The summed E-state index contributed by atoms with van der Waals surface area (Å²) in [6.45, 7) is 3.85. The van der Waals surface area contributed by atoms with E-state index in [-0.39, 0.29) is 17.2 Å². The first kappa shape index (κ1) is 17.7. The van der Waals surface area contributed by atoms with E-state index in [1.54, 1.807) is 7.11 Å². The van der Waals surface area contributed by atoms with Crippen molar-refractivity contribution in [3.63, 3.8) is 0 Å². The first-order valence-electron chi connectivity index (χ1n) is 7.36. The molecule has 0 bridgehead atoms. The molecule has 0 aromatic heterocycles. The minimum Gasteiger partial charge on any atom is -0.496 e. The first-order valence-corrected chi connectivity index (χ1v) is 8.62. The van der Waals surface area contributed by atoms with E-state index in [2.05, 4.69) is 5.32 Å². The van der Waals surface area contributed by atoms with Gasteiger partial charge in [0.15, 0.2) is 0 Å². The van der Waals surface area contributed by atoms with E-state index < -0.39 is 0 Å². The lowest BCUT2D eigenvalue weighted by molar-refractivity contribution is -0.120. The zero-order valence-electron chi connectivity index (χ0n) is 13.4. The third-order valence-corrected chi connectivity index (χ3v) is 4.82. The van der Waals surface area contributed by atoms with Crippen LogP contribution < -0.4 is 10.1 Å². The molecular formula is C18H20ClNO2S. The molecule has 122 valence electrons. The molecule has 1 N–H and O–H groups in total. The number of carbonyl (C=O) groups is 1. The topological polar surface area (TPSA) is 38.3 Å². The fourth-order valence-electron chi connectivity index (χ4n) is 2.20. The van der Waals surface area contributed by atoms with Crippen LogP contribution in [0.25, 0.3) is 0 Å². The van der Waals surface area contributed by atoms with Gasteiger partial charge < -0.3 is 10.1 Å². The van der Waals surface area contributed by atoms with Gasteiger partial charge >= 0.3 is 0 Å². The van der Waals surface area contributed by atoms with E-state index in [1.807, 2.05) is 62.4 Å². The van der Waals surface area contributed by atoms with Gasteiger partial charge in [0, 0.05) is 15.5 Å². The molecule has 23 heavy (non-hydrogen) atoms. The smallest absolute Gasteiger partial charge is 0.233 e. The average Bonchev–Trinajstić information content (AvgIpc) is 2.56. The summed E-state index contributed by atoms with van der Waals surface area (Å²) < 4.78 is 5.35. The second kappa shape index (κ2) is 8.27. The predicted octanol–water partition coefficient (Wildman–Crippen LogP) is 4.71. The van der Waals surface area contributed by atoms with E-state index in [4.69, 9.17) is 16.3 Å². The van der Waals surface area contributed by atoms with Crippen LogP contribution in [-0.2, 0) is 4.79 Å². The van der Waals surface area contributed by atoms with Crippen LogP contribution in [0.4, 0.5) is 0 Å². The number of carbonyl (C=O) groups excluding carboxylic acids is 1. The number of benzene rings is 2. The third kappa shape index (κ3) is 4.91. The van der Waals surface area contributed by atoms with E-state index >= 15 is 0 Å². The average molecular weight is 350 g/mol. The maximum absolute atomic E-state index is 12.4. The van der Waals surface area contributed by atoms with Gasteiger partial charge in [0.05, 0.1) is 18.4 Å². The molecule has 0 saturated heterocycles. The number of methoxy groups -OCH3 is 1. The lowest BCUT2D eigenvalue weighted by Gasteiger charge is -2.19. The number of hydrogen-bond acceptors (Lipinski definition) is 3. The molecule has 0 radical (unpaired) electrons. The van der Waals surface area contributed by atoms with Crippen LogP contribution in [-0.4, -0.2) is 18.3 Å². The van der Waals surface area contributed by atoms with Crippen molar-refractivity contribution in [2.45, 2.75) is 30.0 Å². The molecule has 3 nitrogen and oxygen atoms in total. The Bertz CT molecular complexity index is 660. The number of amides is 1. The van der Waals surface area contributed by atoms with Gasteiger partial charge in [0.2, 0.25) is 5.91 Å². The maximum atomic E-state index is 12.4. The highest BCUT2D eigenvalue weighted by Crippen LogP contribution is 2.27. The molecule has 2 rings (SSSR count). The molecule has 2 atom stereocenters. The molecule has 2 aromatic carbocycles. The van der Waals surface area contributed by atoms with Crippen LogP contribution in [0.15, 0.2) is 53.4 Å². The Hall–Kier alpha value is -1.65. The van der Waals surface area contributed by atoms with Crippen molar-refractivity contribution < 1.29 is 9.53 Å². The van der Waals surface area contributed by atoms with Crippen molar-refractivity contribution in [1.82, 2.24) is 5.32 Å². The highest BCUT2D eigenvalue weighted by atomic mass is 35.5. The molecule has 5 heteroatoms. The Kier molecular flexibility index (Phi) is 6.37. The predicted molar refractivity (Wildman–Crippen MR) is 96.3 cm³/mol. The van der Waals surface area contributed by atoms with Crippen LogP contribution >= 0.6 is 23.4 Å². The molecule has 2 aromatic rings. The van der Waals surface area contributed by atoms with Crippen LogP contribution in [0.5, 0.6) is 5.75 Å². The van der Waals surface area contributed by atoms with Gasteiger partial charge in [-0.1, -0.05) is 29.8 Å². The number of para-hydroxylation sites is 1. The van der Waals surface area contributed by atoms with Gasteiger partial charge in [-0.3, -0.25) is 4.79 Å². The molecule has 0 aliphatic rings. The Labute approximate surface area is 146 Å². The molecule has 1 amide bonds. The number of nitrogens with one attached hydrogen (secondary N) is 1. The molecule has 0 aliphatic heterocycles. The highest BCUT2D eigenvalue weighted by Gasteiger charge is 2.19. The number of hydrogen-bond donors (Lipinski definition) is 1. The lowest BCUT2D eigenvalue weighted by Crippen LogP contribution is -2.33. The minimum absolute atomic E-state index is 0.0108. The molecule has 0 heterocycles. The number of halogens is 1.